The number of aromatic amines is 1. The van der Waals surface area contributed by atoms with Crippen LogP contribution in [0.3, 0.4) is 0 Å². The number of hydrogen-bond acceptors (Lipinski definition) is 3. The maximum Gasteiger partial charge on any atom is 0.339 e. The normalized spacial score (nSPS) is 10.6. The van der Waals surface area contributed by atoms with E-state index in [4.69, 9.17) is 28.3 Å². The average molecular weight is 419 g/mol. The maximum atomic E-state index is 11.3. The molecular formula is C20H16Cl2N2O4. The highest BCUT2D eigenvalue weighted by atomic mass is 35.5. The van der Waals surface area contributed by atoms with Gasteiger partial charge in [-0.25, -0.2) is 9.59 Å². The molecule has 28 heavy (non-hydrogen) atoms. The van der Waals surface area contributed by atoms with Crippen molar-refractivity contribution in [3.05, 3.63) is 70.0 Å². The van der Waals surface area contributed by atoms with Gasteiger partial charge in [-0.3, -0.25) is 0 Å². The number of carboxylic acid groups (broad SMARTS) is 1. The van der Waals surface area contributed by atoms with Crippen molar-refractivity contribution in [3.63, 3.8) is 0 Å². The molecule has 0 spiro atoms. The molecule has 6 nitrogen and oxygen atoms in total. The van der Waals surface area contributed by atoms with Gasteiger partial charge >= 0.3 is 11.9 Å². The Morgan fingerprint density at radius 3 is 2.36 bits per heavy atom. The number of halogens is 2. The quantitative estimate of drug-likeness (QED) is 0.441. The zero-order valence-corrected chi connectivity index (χ0v) is 16.5. The van der Waals surface area contributed by atoms with Crippen LogP contribution in [-0.4, -0.2) is 33.7 Å². The van der Waals surface area contributed by atoms with Crippen LogP contribution in [0.5, 0.6) is 0 Å². The van der Waals surface area contributed by atoms with Gasteiger partial charge in [0.2, 0.25) is 0 Å². The summed E-state index contributed by atoms with van der Waals surface area (Å²) < 4.78 is 6.50. The Hall–Kier alpha value is -2.96. The van der Waals surface area contributed by atoms with Crippen LogP contribution in [-0.2, 0) is 11.8 Å². The monoisotopic (exact) mass is 418 g/mol. The van der Waals surface area contributed by atoms with Crippen LogP contribution in [0.1, 0.15) is 20.7 Å². The van der Waals surface area contributed by atoms with Crippen LogP contribution in [0, 0.1) is 0 Å². The van der Waals surface area contributed by atoms with E-state index in [1.807, 2.05) is 29.9 Å². The molecule has 4 aromatic rings. The number of nitrogens with one attached hydrogen (secondary N) is 1. The maximum absolute atomic E-state index is 11.3. The second kappa shape index (κ2) is 7.96. The van der Waals surface area contributed by atoms with E-state index < -0.39 is 11.9 Å². The van der Waals surface area contributed by atoms with Crippen molar-refractivity contribution >= 4 is 56.9 Å². The third kappa shape index (κ3) is 3.56. The topological polar surface area (TPSA) is 84.3 Å². The molecule has 0 unspecified atom stereocenters. The van der Waals surface area contributed by atoms with E-state index in [0.717, 1.165) is 21.8 Å². The first kappa shape index (κ1) is 19.8. The lowest BCUT2D eigenvalue weighted by molar-refractivity contribution is 0.0600. The number of ether oxygens (including phenoxy) is 1. The van der Waals surface area contributed by atoms with Gasteiger partial charge in [0, 0.05) is 41.2 Å². The fourth-order valence-electron chi connectivity index (χ4n) is 2.84. The molecular weight excluding hydrogens is 403 g/mol. The lowest BCUT2D eigenvalue weighted by Gasteiger charge is -2.02. The van der Waals surface area contributed by atoms with Crippen molar-refractivity contribution in [3.8, 4) is 0 Å². The van der Waals surface area contributed by atoms with Crippen molar-refractivity contribution < 1.29 is 19.4 Å². The Balaban J connectivity index is 0.000000161. The van der Waals surface area contributed by atoms with Crippen LogP contribution in [0.25, 0.3) is 21.8 Å². The minimum absolute atomic E-state index is 0.144. The summed E-state index contributed by atoms with van der Waals surface area (Å²) in [5.74, 6) is -1.42. The van der Waals surface area contributed by atoms with Gasteiger partial charge in [0.15, 0.2) is 0 Å². The van der Waals surface area contributed by atoms with Crippen molar-refractivity contribution in [1.29, 1.82) is 0 Å². The van der Waals surface area contributed by atoms with Crippen LogP contribution in [0.4, 0.5) is 0 Å². The summed E-state index contributed by atoms with van der Waals surface area (Å²) in [7, 11) is 3.22. The zero-order valence-electron chi connectivity index (χ0n) is 15.0. The van der Waals surface area contributed by atoms with Gasteiger partial charge in [-0.05, 0) is 36.4 Å². The summed E-state index contributed by atoms with van der Waals surface area (Å²) in [4.78, 5) is 25.1. The Morgan fingerprint density at radius 1 is 1.00 bits per heavy atom. The molecule has 0 aliphatic heterocycles. The van der Waals surface area contributed by atoms with Gasteiger partial charge in [0.25, 0.3) is 0 Å². The third-order valence-electron chi connectivity index (χ3n) is 4.31. The minimum atomic E-state index is -0.999. The number of aryl methyl sites for hydroxylation is 1. The molecule has 0 radical (unpaired) electrons. The predicted octanol–water partition coefficient (Wildman–Crippen LogP) is 5.14. The summed E-state index contributed by atoms with van der Waals surface area (Å²) >= 11 is 12.0. The predicted molar refractivity (Wildman–Crippen MR) is 110 cm³/mol. The standard InChI is InChI=1S/2C10H8ClNO2/c1-14-10(13)7-2-3-8-6(9(7)11)4-5-12-8;1-12-5-4-6-8(12)3-2-7(9(6)11)10(13)14/h2-5,12H,1H3;2-5H,1H3,(H,13,14). The summed E-state index contributed by atoms with van der Waals surface area (Å²) in [5, 5.41) is 11.2. The summed E-state index contributed by atoms with van der Waals surface area (Å²) in [6, 6.07) is 10.4. The first-order valence-corrected chi connectivity index (χ1v) is 8.91. The van der Waals surface area contributed by atoms with E-state index >= 15 is 0 Å². The number of esters is 1. The van der Waals surface area contributed by atoms with Crippen molar-refractivity contribution in [2.75, 3.05) is 7.11 Å². The summed E-state index contributed by atoms with van der Waals surface area (Å²) in [5.41, 5.74) is 2.37. The molecule has 2 aromatic heterocycles. The molecule has 144 valence electrons. The second-order valence-electron chi connectivity index (χ2n) is 5.95. The Bertz CT molecular complexity index is 1190. The first-order valence-electron chi connectivity index (χ1n) is 8.16. The SMILES string of the molecule is COC(=O)c1ccc2[nH]ccc2c1Cl.Cn1ccc2c(Cl)c(C(=O)O)ccc21. The highest BCUT2D eigenvalue weighted by Gasteiger charge is 2.13. The first-order chi connectivity index (χ1) is 13.3. The van der Waals surface area contributed by atoms with Gasteiger partial charge in [0.05, 0.1) is 28.3 Å². The number of rotatable bonds is 2. The molecule has 0 saturated heterocycles. The van der Waals surface area contributed by atoms with Gasteiger partial charge in [-0.2, -0.15) is 0 Å². The smallest absolute Gasteiger partial charge is 0.339 e. The van der Waals surface area contributed by atoms with Gasteiger partial charge in [-0.15, -0.1) is 0 Å². The number of aromatic nitrogens is 2. The highest BCUT2D eigenvalue weighted by molar-refractivity contribution is 6.38. The van der Waals surface area contributed by atoms with Crippen LogP contribution in [0.2, 0.25) is 10.0 Å². The molecule has 8 heteroatoms. The fraction of sp³-hybridized carbons (Fsp3) is 0.100. The van der Waals surface area contributed by atoms with Crippen LogP contribution in [0.15, 0.2) is 48.8 Å². The number of carbonyl (C=O) groups excluding carboxylic acids is 1. The van der Waals surface area contributed by atoms with Gasteiger partial charge in [-0.1, -0.05) is 23.2 Å². The van der Waals surface area contributed by atoms with Crippen LogP contribution >= 0.6 is 23.2 Å². The van der Waals surface area contributed by atoms with E-state index in [-0.39, 0.29) is 5.56 Å². The third-order valence-corrected chi connectivity index (χ3v) is 5.12. The van der Waals surface area contributed by atoms with Gasteiger partial charge in [0.1, 0.15) is 0 Å². The molecule has 0 atom stereocenters. The van der Waals surface area contributed by atoms with Crippen molar-refractivity contribution in [1.82, 2.24) is 9.55 Å². The lowest BCUT2D eigenvalue weighted by atomic mass is 10.1. The number of hydrogen-bond donors (Lipinski definition) is 2. The number of carboxylic acids is 1. The van der Waals surface area contributed by atoms with Gasteiger partial charge < -0.3 is 19.4 Å². The molecule has 4 rings (SSSR count). The Kier molecular flexibility index (Phi) is 5.63. The Labute approximate surface area is 170 Å². The molecule has 0 saturated carbocycles. The highest BCUT2D eigenvalue weighted by Crippen LogP contribution is 2.28. The van der Waals surface area contributed by atoms with E-state index in [2.05, 4.69) is 9.72 Å². The second-order valence-corrected chi connectivity index (χ2v) is 6.71. The number of fused-ring (bicyclic) bond motifs is 2. The fourth-order valence-corrected chi connectivity index (χ4v) is 3.45. The number of carbonyl (C=O) groups is 2. The van der Waals surface area contributed by atoms with E-state index in [1.165, 1.54) is 13.2 Å². The Morgan fingerprint density at radius 2 is 1.68 bits per heavy atom. The number of methoxy groups -OCH3 is 1. The molecule has 2 N–H and O–H groups in total. The number of benzene rings is 2. The van der Waals surface area contributed by atoms with Crippen molar-refractivity contribution in [2.24, 2.45) is 7.05 Å². The molecule has 0 fully saturated rings. The number of nitrogens with zero attached hydrogens (tertiary/aromatic N) is 1. The van der Waals surface area contributed by atoms with Crippen LogP contribution < -0.4 is 0 Å². The van der Waals surface area contributed by atoms with E-state index in [1.54, 1.807) is 24.4 Å². The number of aromatic carboxylic acids is 1. The molecule has 0 aliphatic rings. The van der Waals surface area contributed by atoms with Crippen molar-refractivity contribution in [2.45, 2.75) is 0 Å². The lowest BCUT2D eigenvalue weighted by Crippen LogP contribution is -2.01. The average Bonchev–Trinajstić information content (AvgIpc) is 3.30. The van der Waals surface area contributed by atoms with E-state index in [0.29, 0.717) is 15.6 Å². The minimum Gasteiger partial charge on any atom is -0.478 e. The molecule has 2 aromatic carbocycles. The summed E-state index contributed by atoms with van der Waals surface area (Å²) in [6.45, 7) is 0. The zero-order chi connectivity index (χ0) is 20.4. The molecule has 0 amide bonds. The molecule has 2 heterocycles. The molecule has 0 aliphatic carbocycles. The molecule has 0 bridgehead atoms. The largest absolute Gasteiger partial charge is 0.478 e. The summed E-state index contributed by atoms with van der Waals surface area (Å²) in [6.07, 6.45) is 3.62. The number of H-pyrrole nitrogens is 1. The van der Waals surface area contributed by atoms with E-state index in [9.17, 15) is 9.59 Å².